The molecule has 32 heavy (non-hydrogen) atoms. The summed E-state index contributed by atoms with van der Waals surface area (Å²) in [5, 5.41) is 9.07. The summed E-state index contributed by atoms with van der Waals surface area (Å²) in [5.41, 5.74) is 0. The Bertz CT molecular complexity index is 667. The Kier molecular flexibility index (Phi) is 8.75. The summed E-state index contributed by atoms with van der Waals surface area (Å²) < 4.78 is 21.0. The molecule has 0 amide bonds. The highest BCUT2D eigenvalue weighted by atomic mass is 16.7. The van der Waals surface area contributed by atoms with Gasteiger partial charge in [0.05, 0.1) is 24.9 Å². The Morgan fingerprint density at radius 2 is 0.906 bits per heavy atom. The third kappa shape index (κ3) is 6.84. The van der Waals surface area contributed by atoms with Gasteiger partial charge >= 0.3 is 24.1 Å². The normalized spacial score (nSPS) is 32.9. The second-order valence-electron chi connectivity index (χ2n) is 9.20. The van der Waals surface area contributed by atoms with Gasteiger partial charge < -0.3 is 24.1 Å². The van der Waals surface area contributed by atoms with Gasteiger partial charge in [-0.05, 0) is 77.0 Å². The van der Waals surface area contributed by atoms with Crippen molar-refractivity contribution in [1.82, 2.24) is 0 Å². The molecule has 9 nitrogen and oxygen atoms in total. The van der Waals surface area contributed by atoms with Crippen LogP contribution in [0.1, 0.15) is 77.0 Å². The number of aliphatic carboxylic acids is 1. The number of carboxylic acid groups (broad SMARTS) is 1. The average Bonchev–Trinajstić information content (AvgIpc) is 2.80. The van der Waals surface area contributed by atoms with E-state index in [0.29, 0.717) is 77.0 Å². The Morgan fingerprint density at radius 1 is 0.562 bits per heavy atom. The first kappa shape index (κ1) is 24.3. The summed E-state index contributed by atoms with van der Waals surface area (Å²) in [6.07, 6.45) is 6.02. The van der Waals surface area contributed by atoms with E-state index >= 15 is 0 Å². The number of carbonyl (C=O) groups excluding carboxylic acids is 3. The number of ether oxygens (including phenoxy) is 4. The molecule has 3 rings (SSSR count). The number of methoxy groups -OCH3 is 1. The Morgan fingerprint density at radius 3 is 1.28 bits per heavy atom. The van der Waals surface area contributed by atoms with E-state index in [9.17, 15) is 19.2 Å². The van der Waals surface area contributed by atoms with Crippen LogP contribution < -0.4 is 0 Å². The number of esters is 2. The van der Waals surface area contributed by atoms with Gasteiger partial charge in [0, 0.05) is 0 Å². The van der Waals surface area contributed by atoms with Gasteiger partial charge in [-0.2, -0.15) is 0 Å². The highest BCUT2D eigenvalue weighted by molar-refractivity contribution is 5.75. The van der Waals surface area contributed by atoms with Gasteiger partial charge in [-0.1, -0.05) is 0 Å². The molecule has 0 radical (unpaired) electrons. The van der Waals surface area contributed by atoms with Crippen molar-refractivity contribution in [3.05, 3.63) is 0 Å². The lowest BCUT2D eigenvalue weighted by atomic mass is 9.81. The number of carbonyl (C=O) groups is 4. The minimum Gasteiger partial charge on any atom is -0.481 e. The van der Waals surface area contributed by atoms with Crippen molar-refractivity contribution < 1.29 is 43.2 Å². The molecule has 0 bridgehead atoms. The van der Waals surface area contributed by atoms with Crippen molar-refractivity contribution in [2.75, 3.05) is 7.11 Å². The Balaban J connectivity index is 1.33. The van der Waals surface area contributed by atoms with Crippen molar-refractivity contribution in [2.45, 2.75) is 95.4 Å². The lowest BCUT2D eigenvalue weighted by Gasteiger charge is -2.31. The maximum Gasteiger partial charge on any atom is 0.508 e. The van der Waals surface area contributed by atoms with Gasteiger partial charge in [0.2, 0.25) is 0 Å². The van der Waals surface area contributed by atoms with Crippen molar-refractivity contribution in [3.63, 3.8) is 0 Å². The molecule has 0 unspecified atom stereocenters. The van der Waals surface area contributed by atoms with Crippen LogP contribution in [0.5, 0.6) is 0 Å². The van der Waals surface area contributed by atoms with Gasteiger partial charge in [0.15, 0.2) is 0 Å². The third-order valence-corrected chi connectivity index (χ3v) is 7.03. The number of hydrogen-bond donors (Lipinski definition) is 1. The van der Waals surface area contributed by atoms with Gasteiger partial charge in [-0.3, -0.25) is 14.4 Å². The van der Waals surface area contributed by atoms with Gasteiger partial charge in [-0.15, -0.1) is 0 Å². The summed E-state index contributed by atoms with van der Waals surface area (Å²) in [6, 6.07) is 0. The number of rotatable bonds is 6. The lowest BCUT2D eigenvalue weighted by Crippen LogP contribution is -2.34. The Labute approximate surface area is 188 Å². The molecule has 3 aliphatic rings. The van der Waals surface area contributed by atoms with Crippen LogP contribution in [0.15, 0.2) is 0 Å². The van der Waals surface area contributed by atoms with E-state index in [1.807, 2.05) is 0 Å². The maximum absolute atomic E-state index is 12.6. The minimum atomic E-state index is -0.775. The van der Waals surface area contributed by atoms with Crippen molar-refractivity contribution in [2.24, 2.45) is 17.8 Å². The predicted octanol–water partition coefficient (Wildman–Crippen LogP) is 3.62. The van der Waals surface area contributed by atoms with Crippen molar-refractivity contribution in [1.29, 1.82) is 0 Å². The van der Waals surface area contributed by atoms with E-state index in [4.69, 9.17) is 19.3 Å². The van der Waals surface area contributed by atoms with E-state index in [1.165, 1.54) is 7.11 Å². The molecular formula is C23H34O9. The molecule has 9 heteroatoms. The third-order valence-electron chi connectivity index (χ3n) is 7.03. The van der Waals surface area contributed by atoms with Crippen LogP contribution in [0.3, 0.4) is 0 Å². The molecule has 0 aromatic carbocycles. The maximum atomic E-state index is 12.6. The number of carboxylic acids is 1. The van der Waals surface area contributed by atoms with Crippen molar-refractivity contribution >= 4 is 24.1 Å². The van der Waals surface area contributed by atoms with E-state index in [-0.39, 0.29) is 48.0 Å². The zero-order valence-electron chi connectivity index (χ0n) is 18.7. The second-order valence-corrected chi connectivity index (χ2v) is 9.20. The van der Waals surface area contributed by atoms with Crippen LogP contribution >= 0.6 is 0 Å². The van der Waals surface area contributed by atoms with Crippen molar-refractivity contribution in [3.8, 4) is 0 Å². The minimum absolute atomic E-state index is 0.163. The van der Waals surface area contributed by atoms with Crippen LogP contribution in [0.2, 0.25) is 0 Å². The second kappa shape index (κ2) is 11.5. The molecule has 3 fully saturated rings. The summed E-state index contributed by atoms with van der Waals surface area (Å²) in [7, 11) is 1.27. The topological polar surface area (TPSA) is 125 Å². The molecule has 180 valence electrons. The Hall–Kier alpha value is -2.32. The van der Waals surface area contributed by atoms with Crippen LogP contribution in [-0.2, 0) is 33.3 Å². The molecule has 0 spiro atoms. The summed E-state index contributed by atoms with van der Waals surface area (Å²) >= 11 is 0. The summed E-state index contributed by atoms with van der Waals surface area (Å²) in [6.45, 7) is 0. The summed E-state index contributed by atoms with van der Waals surface area (Å²) in [4.78, 5) is 47.3. The smallest absolute Gasteiger partial charge is 0.481 e. The number of hydrogen-bond acceptors (Lipinski definition) is 8. The zero-order valence-corrected chi connectivity index (χ0v) is 18.7. The van der Waals surface area contributed by atoms with Crippen LogP contribution in [0, 0.1) is 17.8 Å². The fourth-order valence-corrected chi connectivity index (χ4v) is 4.97. The summed E-state index contributed by atoms with van der Waals surface area (Å²) in [5.74, 6) is -1.94. The zero-order chi connectivity index (χ0) is 23.1. The molecule has 3 saturated carbocycles. The average molecular weight is 455 g/mol. The first-order valence-corrected chi connectivity index (χ1v) is 11.7. The SMILES string of the molecule is COC(=O)OC1CCC(OC(=O)C2CCC(C(=O)OC3CCC(C(=O)O)CC3)CC2)CC1. The largest absolute Gasteiger partial charge is 0.508 e. The molecule has 0 heterocycles. The van der Waals surface area contributed by atoms with E-state index in [0.717, 1.165) is 0 Å². The lowest BCUT2D eigenvalue weighted by molar-refractivity contribution is -0.163. The predicted molar refractivity (Wildman–Crippen MR) is 111 cm³/mol. The van der Waals surface area contributed by atoms with Gasteiger partial charge in [-0.25, -0.2) is 4.79 Å². The standard InChI is InChI=1S/C23H34O9/c1-29-23(28)32-19-12-10-18(11-13-19)31-22(27)16-4-2-15(3-5-16)21(26)30-17-8-6-14(7-9-17)20(24)25/h14-19H,2-13H2,1H3,(H,24,25). The van der Waals surface area contributed by atoms with Gasteiger partial charge in [0.1, 0.15) is 18.3 Å². The highest BCUT2D eigenvalue weighted by Gasteiger charge is 2.35. The van der Waals surface area contributed by atoms with Crippen LogP contribution in [0.4, 0.5) is 4.79 Å². The fraction of sp³-hybridized carbons (Fsp3) is 0.826. The highest BCUT2D eigenvalue weighted by Crippen LogP contribution is 2.34. The first-order valence-electron chi connectivity index (χ1n) is 11.7. The molecule has 0 aromatic heterocycles. The molecule has 3 aliphatic carbocycles. The molecule has 0 atom stereocenters. The van der Waals surface area contributed by atoms with Gasteiger partial charge in [0.25, 0.3) is 0 Å². The molecular weight excluding hydrogens is 420 g/mol. The first-order chi connectivity index (χ1) is 15.4. The monoisotopic (exact) mass is 454 g/mol. The molecule has 0 aromatic rings. The molecule has 0 saturated heterocycles. The quantitative estimate of drug-likeness (QED) is 0.473. The van der Waals surface area contributed by atoms with E-state index in [1.54, 1.807) is 0 Å². The van der Waals surface area contributed by atoms with E-state index in [2.05, 4.69) is 4.74 Å². The molecule has 1 N–H and O–H groups in total. The fourth-order valence-electron chi connectivity index (χ4n) is 4.97. The van der Waals surface area contributed by atoms with E-state index < -0.39 is 12.1 Å². The van der Waals surface area contributed by atoms with Crippen LogP contribution in [-0.4, -0.2) is 54.6 Å². The van der Waals surface area contributed by atoms with Crippen LogP contribution in [0.25, 0.3) is 0 Å². The molecule has 0 aliphatic heterocycles.